The van der Waals surface area contributed by atoms with E-state index < -0.39 is 0 Å². The van der Waals surface area contributed by atoms with Gasteiger partial charge in [-0.05, 0) is 31.5 Å². The molecule has 0 radical (unpaired) electrons. The second-order valence-corrected chi connectivity index (χ2v) is 3.99. The van der Waals surface area contributed by atoms with Gasteiger partial charge in [-0.1, -0.05) is 12.1 Å². The van der Waals surface area contributed by atoms with Crippen LogP contribution in [0.5, 0.6) is 5.75 Å². The number of nitrogens with one attached hydrogen (secondary N) is 1. The molecule has 0 bridgehead atoms. The third kappa shape index (κ3) is 5.36. The molecule has 0 spiro atoms. The number of carbonyl (C=O) groups excluding carboxylic acids is 1. The maximum Gasteiger partial charge on any atom is 0.319 e. The average molecular weight is 237 g/mol. The van der Waals surface area contributed by atoms with E-state index in [4.69, 9.17) is 4.74 Å². The molecular formula is C13H19NO3. The molecule has 0 atom stereocenters. The van der Waals surface area contributed by atoms with Crippen LogP contribution in [0.1, 0.15) is 19.4 Å². The number of benzene rings is 1. The van der Waals surface area contributed by atoms with Crippen molar-refractivity contribution < 1.29 is 14.3 Å². The Hall–Kier alpha value is -1.55. The molecule has 0 saturated carbocycles. The topological polar surface area (TPSA) is 47.6 Å². The molecular weight excluding hydrogens is 218 g/mol. The first-order valence-corrected chi connectivity index (χ1v) is 5.65. The maximum atomic E-state index is 10.9. The number of esters is 1. The van der Waals surface area contributed by atoms with E-state index in [-0.39, 0.29) is 18.6 Å². The van der Waals surface area contributed by atoms with Crippen LogP contribution in [0.25, 0.3) is 0 Å². The molecule has 17 heavy (non-hydrogen) atoms. The lowest BCUT2D eigenvalue weighted by Gasteiger charge is -2.10. The number of rotatable bonds is 6. The summed E-state index contributed by atoms with van der Waals surface area (Å²) in [6.45, 7) is 4.84. The molecule has 1 aromatic rings. The highest BCUT2D eigenvalue weighted by Gasteiger charge is 2.00. The highest BCUT2D eigenvalue weighted by atomic mass is 16.5. The molecule has 4 heteroatoms. The van der Waals surface area contributed by atoms with Crippen LogP contribution in [-0.2, 0) is 16.1 Å². The van der Waals surface area contributed by atoms with Crippen LogP contribution in [0, 0.1) is 0 Å². The summed E-state index contributed by atoms with van der Waals surface area (Å²) in [5.41, 5.74) is 1.10. The summed E-state index contributed by atoms with van der Waals surface area (Å²) >= 11 is 0. The second-order valence-electron chi connectivity index (χ2n) is 3.99. The summed E-state index contributed by atoms with van der Waals surface area (Å²) in [6.07, 6.45) is 0.179. The number of hydrogen-bond acceptors (Lipinski definition) is 4. The molecule has 1 aromatic carbocycles. The standard InChI is InChI=1S/C13H19NO3/c1-10(2)17-12-6-4-11(5-7-12)8-14-9-13(15)16-3/h4-7,10,14H,8-9H2,1-3H3. The van der Waals surface area contributed by atoms with Crippen molar-refractivity contribution in [2.24, 2.45) is 0 Å². The first-order valence-electron chi connectivity index (χ1n) is 5.65. The van der Waals surface area contributed by atoms with Crippen LogP contribution >= 0.6 is 0 Å². The van der Waals surface area contributed by atoms with Gasteiger partial charge in [-0.25, -0.2) is 0 Å². The van der Waals surface area contributed by atoms with Gasteiger partial charge in [-0.3, -0.25) is 4.79 Å². The Morgan fingerprint density at radius 3 is 2.47 bits per heavy atom. The Balaban J connectivity index is 2.37. The van der Waals surface area contributed by atoms with Crippen LogP contribution in [0.15, 0.2) is 24.3 Å². The summed E-state index contributed by atoms with van der Waals surface area (Å²) < 4.78 is 10.1. The third-order valence-electron chi connectivity index (χ3n) is 2.12. The summed E-state index contributed by atoms with van der Waals surface area (Å²) in [5.74, 6) is 0.599. The molecule has 0 fully saturated rings. The van der Waals surface area contributed by atoms with Crippen molar-refractivity contribution >= 4 is 5.97 Å². The Morgan fingerprint density at radius 2 is 1.94 bits per heavy atom. The minimum atomic E-state index is -0.259. The Morgan fingerprint density at radius 1 is 1.29 bits per heavy atom. The van der Waals surface area contributed by atoms with E-state index in [1.807, 2.05) is 38.1 Å². The largest absolute Gasteiger partial charge is 0.491 e. The summed E-state index contributed by atoms with van der Waals surface area (Å²) in [7, 11) is 1.38. The van der Waals surface area contributed by atoms with Crippen molar-refractivity contribution in [1.82, 2.24) is 5.32 Å². The predicted molar refractivity (Wildman–Crippen MR) is 65.9 cm³/mol. The fourth-order valence-corrected chi connectivity index (χ4v) is 1.34. The van der Waals surface area contributed by atoms with E-state index in [1.165, 1.54) is 7.11 Å². The zero-order valence-corrected chi connectivity index (χ0v) is 10.5. The van der Waals surface area contributed by atoms with Crippen molar-refractivity contribution in [1.29, 1.82) is 0 Å². The number of methoxy groups -OCH3 is 1. The van der Waals surface area contributed by atoms with Crippen LogP contribution in [-0.4, -0.2) is 25.7 Å². The lowest BCUT2D eigenvalue weighted by molar-refractivity contribution is -0.139. The van der Waals surface area contributed by atoms with Crippen LogP contribution < -0.4 is 10.1 Å². The van der Waals surface area contributed by atoms with Crippen molar-refractivity contribution in [2.75, 3.05) is 13.7 Å². The van der Waals surface area contributed by atoms with Crippen LogP contribution in [0.2, 0.25) is 0 Å². The Kier molecular flexibility index (Phi) is 5.49. The molecule has 0 aliphatic rings. The molecule has 0 aromatic heterocycles. The van der Waals surface area contributed by atoms with Gasteiger partial charge in [0.2, 0.25) is 0 Å². The predicted octanol–water partition coefficient (Wildman–Crippen LogP) is 1.74. The first kappa shape index (κ1) is 13.5. The minimum Gasteiger partial charge on any atom is -0.491 e. The second kappa shape index (κ2) is 6.91. The molecule has 1 rings (SSSR count). The van der Waals surface area contributed by atoms with Gasteiger partial charge < -0.3 is 14.8 Å². The summed E-state index contributed by atoms with van der Waals surface area (Å²) in [6, 6.07) is 7.80. The van der Waals surface area contributed by atoms with Gasteiger partial charge in [-0.15, -0.1) is 0 Å². The summed E-state index contributed by atoms with van der Waals surface area (Å²) in [5, 5.41) is 3.00. The van der Waals surface area contributed by atoms with E-state index in [1.54, 1.807) is 0 Å². The molecule has 0 saturated heterocycles. The lowest BCUT2D eigenvalue weighted by atomic mass is 10.2. The quantitative estimate of drug-likeness (QED) is 0.765. The maximum absolute atomic E-state index is 10.9. The van der Waals surface area contributed by atoms with E-state index in [2.05, 4.69) is 10.1 Å². The van der Waals surface area contributed by atoms with Gasteiger partial charge in [0.1, 0.15) is 5.75 Å². The lowest BCUT2D eigenvalue weighted by Crippen LogP contribution is -2.23. The molecule has 94 valence electrons. The van der Waals surface area contributed by atoms with E-state index in [9.17, 15) is 4.79 Å². The first-order chi connectivity index (χ1) is 8.11. The van der Waals surface area contributed by atoms with Gasteiger partial charge in [0.15, 0.2) is 0 Å². The van der Waals surface area contributed by atoms with Crippen molar-refractivity contribution in [2.45, 2.75) is 26.5 Å². The van der Waals surface area contributed by atoms with Crippen LogP contribution in [0.4, 0.5) is 0 Å². The van der Waals surface area contributed by atoms with Crippen molar-refractivity contribution in [3.8, 4) is 5.75 Å². The SMILES string of the molecule is COC(=O)CNCc1ccc(OC(C)C)cc1. The fourth-order valence-electron chi connectivity index (χ4n) is 1.34. The van der Waals surface area contributed by atoms with E-state index in [0.29, 0.717) is 6.54 Å². The van der Waals surface area contributed by atoms with Gasteiger partial charge in [0.25, 0.3) is 0 Å². The molecule has 0 heterocycles. The van der Waals surface area contributed by atoms with Crippen LogP contribution in [0.3, 0.4) is 0 Å². The highest BCUT2D eigenvalue weighted by molar-refractivity contribution is 5.71. The zero-order valence-electron chi connectivity index (χ0n) is 10.5. The van der Waals surface area contributed by atoms with E-state index >= 15 is 0 Å². The van der Waals surface area contributed by atoms with Crippen molar-refractivity contribution in [3.05, 3.63) is 29.8 Å². The Bertz CT molecular complexity index is 346. The van der Waals surface area contributed by atoms with Gasteiger partial charge in [-0.2, -0.15) is 0 Å². The minimum absolute atomic E-state index is 0.179. The van der Waals surface area contributed by atoms with Crippen molar-refractivity contribution in [3.63, 3.8) is 0 Å². The molecule has 1 N–H and O–H groups in total. The van der Waals surface area contributed by atoms with Gasteiger partial charge in [0, 0.05) is 6.54 Å². The number of ether oxygens (including phenoxy) is 2. The molecule has 0 aliphatic carbocycles. The van der Waals surface area contributed by atoms with Gasteiger partial charge in [0.05, 0.1) is 19.8 Å². The molecule has 4 nitrogen and oxygen atoms in total. The summed E-state index contributed by atoms with van der Waals surface area (Å²) in [4.78, 5) is 10.9. The van der Waals surface area contributed by atoms with Gasteiger partial charge >= 0.3 is 5.97 Å². The normalized spacial score (nSPS) is 10.4. The fraction of sp³-hybridized carbons (Fsp3) is 0.462. The zero-order chi connectivity index (χ0) is 12.7. The highest BCUT2D eigenvalue weighted by Crippen LogP contribution is 2.13. The molecule has 0 aliphatic heterocycles. The smallest absolute Gasteiger partial charge is 0.319 e. The van der Waals surface area contributed by atoms with E-state index in [0.717, 1.165) is 11.3 Å². The third-order valence-corrected chi connectivity index (χ3v) is 2.12. The average Bonchev–Trinajstić information content (AvgIpc) is 2.30. The monoisotopic (exact) mass is 237 g/mol. The number of carbonyl (C=O) groups is 1. The molecule has 0 unspecified atom stereocenters. The Labute approximate surface area is 102 Å². The molecule has 0 amide bonds. The number of hydrogen-bond donors (Lipinski definition) is 1.